The van der Waals surface area contributed by atoms with Crippen molar-refractivity contribution in [2.24, 2.45) is 0 Å². The number of nitriles is 1. The molecule has 1 saturated heterocycles. The molecule has 1 aliphatic rings. The molecule has 2 heterocycles. The van der Waals surface area contributed by atoms with E-state index in [2.05, 4.69) is 9.71 Å². The molecule has 1 aliphatic heterocycles. The number of halogens is 1. The molecule has 1 fully saturated rings. The fourth-order valence-corrected chi connectivity index (χ4v) is 4.47. The summed E-state index contributed by atoms with van der Waals surface area (Å²) in [5, 5.41) is 9.25. The molecule has 0 spiro atoms. The number of ether oxygens (including phenoxy) is 2. The van der Waals surface area contributed by atoms with Crippen LogP contribution in [0.25, 0.3) is 10.9 Å². The molecule has 9 heteroatoms. The molecule has 0 radical (unpaired) electrons. The molecule has 1 atom stereocenters. The number of benzene rings is 2. The molecule has 0 bridgehead atoms. The maximum absolute atomic E-state index is 14.1. The lowest BCUT2D eigenvalue weighted by Gasteiger charge is -2.11. The summed E-state index contributed by atoms with van der Waals surface area (Å²) in [6.07, 6.45) is 3.41. The third kappa shape index (κ3) is 4.04. The second kappa shape index (κ2) is 7.73. The van der Waals surface area contributed by atoms with Crippen molar-refractivity contribution in [3.63, 3.8) is 0 Å². The van der Waals surface area contributed by atoms with Gasteiger partial charge in [0.05, 0.1) is 28.9 Å². The van der Waals surface area contributed by atoms with Crippen LogP contribution < -0.4 is 9.46 Å². The highest BCUT2D eigenvalue weighted by molar-refractivity contribution is 7.93. The number of fused-ring (bicyclic) bond motifs is 1. The average Bonchev–Trinajstić information content (AvgIpc) is 3.37. The topological polar surface area (TPSA) is 104 Å². The summed E-state index contributed by atoms with van der Waals surface area (Å²) in [4.78, 5) is 2.90. The van der Waals surface area contributed by atoms with Gasteiger partial charge in [-0.05, 0) is 43.2 Å². The van der Waals surface area contributed by atoms with Crippen LogP contribution in [-0.4, -0.2) is 32.7 Å². The predicted octanol–water partition coefficient (Wildman–Crippen LogP) is 3.54. The molecule has 2 aromatic carbocycles. The fraction of sp³-hybridized carbons (Fsp3) is 0.250. The lowest BCUT2D eigenvalue weighted by molar-refractivity contribution is 0.0680. The minimum absolute atomic E-state index is 0.0121. The lowest BCUT2D eigenvalue weighted by Crippen LogP contribution is -2.16. The van der Waals surface area contributed by atoms with E-state index in [0.29, 0.717) is 23.3 Å². The normalized spacial score (nSPS) is 16.6. The van der Waals surface area contributed by atoms with Gasteiger partial charge in [-0.25, -0.2) is 12.8 Å². The van der Waals surface area contributed by atoms with Crippen LogP contribution in [0.4, 0.5) is 10.1 Å². The van der Waals surface area contributed by atoms with Crippen LogP contribution in [0.5, 0.6) is 5.75 Å². The van der Waals surface area contributed by atoms with Crippen molar-refractivity contribution in [1.29, 1.82) is 5.26 Å². The molecule has 2 N–H and O–H groups in total. The summed E-state index contributed by atoms with van der Waals surface area (Å²) in [6, 6.07) is 10.4. The number of hydrogen-bond donors (Lipinski definition) is 2. The quantitative estimate of drug-likeness (QED) is 0.641. The zero-order chi connectivity index (χ0) is 20.4. The van der Waals surface area contributed by atoms with Crippen molar-refractivity contribution < 1.29 is 22.3 Å². The van der Waals surface area contributed by atoms with Crippen LogP contribution in [0.15, 0.2) is 47.5 Å². The average molecular weight is 415 g/mol. The first-order chi connectivity index (χ1) is 14.0. The zero-order valence-electron chi connectivity index (χ0n) is 15.3. The molecule has 0 aliphatic carbocycles. The standard InChI is InChI=1S/C20H18FN3O4S/c21-17-8-13(10-22)3-6-18(17)24-29(25,26)20-11-23-19-9-14(4-5-16(19)20)28-12-15-2-1-7-27-15/h3-6,8-9,11,15,23-24H,1-2,7,12H2. The number of anilines is 1. The van der Waals surface area contributed by atoms with E-state index in [-0.39, 0.29) is 22.3 Å². The van der Waals surface area contributed by atoms with Gasteiger partial charge in [-0.3, -0.25) is 4.72 Å². The summed E-state index contributed by atoms with van der Waals surface area (Å²) >= 11 is 0. The van der Waals surface area contributed by atoms with Crippen LogP contribution in [0.2, 0.25) is 0 Å². The third-order valence-corrected chi connectivity index (χ3v) is 6.11. The van der Waals surface area contributed by atoms with Gasteiger partial charge in [-0.15, -0.1) is 0 Å². The highest BCUT2D eigenvalue weighted by Crippen LogP contribution is 2.29. The second-order valence-corrected chi connectivity index (χ2v) is 8.37. The monoisotopic (exact) mass is 415 g/mol. The van der Waals surface area contributed by atoms with Gasteiger partial charge < -0.3 is 14.5 Å². The Kier molecular flexibility index (Phi) is 5.13. The summed E-state index contributed by atoms with van der Waals surface area (Å²) in [7, 11) is -4.04. The molecule has 1 aromatic heterocycles. The Labute approximate surface area is 167 Å². The van der Waals surface area contributed by atoms with Crippen LogP contribution >= 0.6 is 0 Å². The van der Waals surface area contributed by atoms with Crippen molar-refractivity contribution in [3.05, 3.63) is 54.0 Å². The molecule has 4 rings (SSSR count). The van der Waals surface area contributed by atoms with Gasteiger partial charge in [0.2, 0.25) is 0 Å². The largest absolute Gasteiger partial charge is 0.491 e. The highest BCUT2D eigenvalue weighted by Gasteiger charge is 2.21. The van der Waals surface area contributed by atoms with E-state index < -0.39 is 15.8 Å². The molecule has 0 amide bonds. The minimum atomic E-state index is -4.04. The molecule has 3 aromatic rings. The lowest BCUT2D eigenvalue weighted by atomic mass is 10.2. The molecular weight excluding hydrogens is 397 g/mol. The van der Waals surface area contributed by atoms with Gasteiger partial charge in [-0.2, -0.15) is 5.26 Å². The number of aromatic nitrogens is 1. The number of aromatic amines is 1. The Morgan fingerprint density at radius 2 is 2.17 bits per heavy atom. The van der Waals surface area contributed by atoms with Crippen molar-refractivity contribution >= 4 is 26.6 Å². The summed E-state index contributed by atoms with van der Waals surface area (Å²) < 4.78 is 53.1. The van der Waals surface area contributed by atoms with Crippen LogP contribution in [0.1, 0.15) is 18.4 Å². The number of H-pyrrole nitrogens is 1. The van der Waals surface area contributed by atoms with Gasteiger partial charge in [0.25, 0.3) is 10.0 Å². The van der Waals surface area contributed by atoms with Gasteiger partial charge in [0.1, 0.15) is 23.1 Å². The Hall–Kier alpha value is -3.09. The minimum Gasteiger partial charge on any atom is -0.491 e. The van der Waals surface area contributed by atoms with E-state index in [1.807, 2.05) is 0 Å². The maximum atomic E-state index is 14.1. The van der Waals surface area contributed by atoms with Crippen LogP contribution in [0.3, 0.4) is 0 Å². The van der Waals surface area contributed by atoms with Crippen LogP contribution in [0, 0.1) is 17.1 Å². The van der Waals surface area contributed by atoms with E-state index in [1.54, 1.807) is 24.3 Å². The van der Waals surface area contributed by atoms with E-state index in [0.717, 1.165) is 25.5 Å². The number of sulfonamides is 1. The molecule has 150 valence electrons. The molecular formula is C20H18FN3O4S. The van der Waals surface area contributed by atoms with E-state index in [9.17, 15) is 12.8 Å². The molecule has 7 nitrogen and oxygen atoms in total. The van der Waals surface area contributed by atoms with E-state index in [4.69, 9.17) is 14.7 Å². The Bertz CT molecular complexity index is 1190. The number of nitrogens with one attached hydrogen (secondary N) is 2. The van der Waals surface area contributed by atoms with Crippen molar-refractivity contribution in [3.8, 4) is 11.8 Å². The number of rotatable bonds is 6. The van der Waals surface area contributed by atoms with E-state index in [1.165, 1.54) is 18.3 Å². The maximum Gasteiger partial charge on any atom is 0.264 e. The molecule has 29 heavy (non-hydrogen) atoms. The van der Waals surface area contributed by atoms with Crippen molar-refractivity contribution in [2.45, 2.75) is 23.8 Å². The number of hydrogen-bond acceptors (Lipinski definition) is 5. The van der Waals surface area contributed by atoms with Gasteiger partial charge in [0.15, 0.2) is 0 Å². The summed E-state index contributed by atoms with van der Waals surface area (Å²) in [6.45, 7) is 1.19. The SMILES string of the molecule is N#Cc1ccc(NS(=O)(=O)c2c[nH]c3cc(OCC4CCCO4)ccc23)c(F)c1. The first kappa shape index (κ1) is 19.2. The third-order valence-electron chi connectivity index (χ3n) is 4.71. The smallest absolute Gasteiger partial charge is 0.264 e. The molecule has 0 saturated carbocycles. The predicted molar refractivity (Wildman–Crippen MR) is 105 cm³/mol. The Morgan fingerprint density at radius 1 is 1.31 bits per heavy atom. The van der Waals surface area contributed by atoms with Gasteiger partial charge in [0, 0.05) is 24.3 Å². The first-order valence-electron chi connectivity index (χ1n) is 9.04. The van der Waals surface area contributed by atoms with Crippen molar-refractivity contribution in [2.75, 3.05) is 17.9 Å². The van der Waals surface area contributed by atoms with Crippen molar-refractivity contribution in [1.82, 2.24) is 4.98 Å². The highest BCUT2D eigenvalue weighted by atomic mass is 32.2. The Morgan fingerprint density at radius 3 is 2.90 bits per heavy atom. The van der Waals surface area contributed by atoms with E-state index >= 15 is 0 Å². The fourth-order valence-electron chi connectivity index (χ4n) is 3.22. The second-order valence-electron chi connectivity index (χ2n) is 6.72. The Balaban J connectivity index is 1.55. The van der Waals surface area contributed by atoms with Crippen LogP contribution in [-0.2, 0) is 14.8 Å². The zero-order valence-corrected chi connectivity index (χ0v) is 16.1. The summed E-state index contributed by atoms with van der Waals surface area (Å²) in [5.41, 5.74) is 0.457. The number of nitrogens with zero attached hydrogens (tertiary/aromatic N) is 1. The van der Waals surface area contributed by atoms with Gasteiger partial charge in [-0.1, -0.05) is 0 Å². The molecule has 1 unspecified atom stereocenters. The first-order valence-corrected chi connectivity index (χ1v) is 10.5. The van der Waals surface area contributed by atoms with Gasteiger partial charge >= 0.3 is 0 Å². The summed E-state index contributed by atoms with van der Waals surface area (Å²) in [5.74, 6) is -0.220.